The smallest absolute Gasteiger partial charge is 0.278 e. The highest BCUT2D eigenvalue weighted by atomic mass is 32.2. The Hall–Kier alpha value is -3.38. The van der Waals surface area contributed by atoms with E-state index in [9.17, 15) is 27.7 Å². The van der Waals surface area contributed by atoms with Crippen molar-refractivity contribution < 1.29 is 17.7 Å². The third kappa shape index (κ3) is 4.38. The van der Waals surface area contributed by atoms with Crippen LogP contribution in [0.5, 0.6) is 0 Å². The van der Waals surface area contributed by atoms with Gasteiger partial charge < -0.3 is 0 Å². The molecule has 0 spiro atoms. The number of hydrogen-bond donors (Lipinski definition) is 1. The van der Waals surface area contributed by atoms with Crippen LogP contribution in [-0.2, 0) is 23.6 Å². The number of hydrogen-bond acceptors (Lipinski definition) is 6. The maximum atomic E-state index is 13.1. The van der Waals surface area contributed by atoms with Gasteiger partial charge in [0, 0.05) is 31.3 Å². The van der Waals surface area contributed by atoms with E-state index in [0.29, 0.717) is 11.4 Å². The lowest BCUT2D eigenvalue weighted by atomic mass is 10.2. The van der Waals surface area contributed by atoms with Crippen LogP contribution < -0.4 is 10.4 Å². The highest BCUT2D eigenvalue weighted by Gasteiger charge is 2.18. The number of halogens is 1. The van der Waals surface area contributed by atoms with E-state index in [0.717, 1.165) is 10.7 Å². The van der Waals surface area contributed by atoms with Gasteiger partial charge in [-0.15, -0.1) is 5.10 Å². The van der Waals surface area contributed by atoms with E-state index in [2.05, 4.69) is 9.82 Å². The van der Waals surface area contributed by atoms with Gasteiger partial charge >= 0.3 is 5.69 Å². The second kappa shape index (κ2) is 7.93. The number of non-ortho nitro benzene ring substituents is 1. The van der Waals surface area contributed by atoms with Gasteiger partial charge in [-0.05, 0) is 30.3 Å². The molecule has 0 fully saturated rings. The molecule has 2 aromatic carbocycles. The minimum absolute atomic E-state index is 0.0674. The van der Waals surface area contributed by atoms with Crippen LogP contribution >= 0.6 is 0 Å². The van der Waals surface area contributed by atoms with Gasteiger partial charge in [0.1, 0.15) is 5.82 Å². The van der Waals surface area contributed by atoms with Crippen molar-refractivity contribution >= 4 is 15.7 Å². The number of nitro benzene ring substituents is 1. The largest absolute Gasteiger partial charge is 0.345 e. The Morgan fingerprint density at radius 3 is 2.55 bits per heavy atom. The van der Waals surface area contributed by atoms with Crippen molar-refractivity contribution in [2.24, 2.45) is 7.05 Å². The molecule has 0 saturated carbocycles. The lowest BCUT2D eigenvalue weighted by molar-refractivity contribution is -0.385. The molecule has 0 radical (unpaired) electrons. The molecule has 12 heteroatoms. The third-order valence-electron chi connectivity index (χ3n) is 4.10. The van der Waals surface area contributed by atoms with Crippen molar-refractivity contribution in [3.05, 3.63) is 74.9 Å². The average molecular weight is 421 g/mol. The van der Waals surface area contributed by atoms with Crippen molar-refractivity contribution in [3.8, 4) is 11.4 Å². The number of aromatic nitrogens is 3. The van der Waals surface area contributed by atoms with Crippen molar-refractivity contribution in [2.45, 2.75) is 11.4 Å². The summed E-state index contributed by atoms with van der Waals surface area (Å²) in [6, 6.07) is 10.1. The fraction of sp³-hybridized carbons (Fsp3) is 0.176. The molecule has 1 N–H and O–H groups in total. The second-order valence-electron chi connectivity index (χ2n) is 6.05. The summed E-state index contributed by atoms with van der Waals surface area (Å²) in [6.07, 6.45) is 0. The SMILES string of the molecule is Cn1c(-c2ccc(F)cc2)nn(CCNS(=O)(=O)c2cccc([N+](=O)[O-])c2)c1=O. The lowest BCUT2D eigenvalue weighted by Gasteiger charge is -2.06. The number of benzene rings is 2. The van der Waals surface area contributed by atoms with Gasteiger partial charge in [-0.2, -0.15) is 0 Å². The Labute approximate surface area is 164 Å². The van der Waals surface area contributed by atoms with Crippen LogP contribution in [0.4, 0.5) is 10.1 Å². The molecule has 0 atom stereocenters. The second-order valence-corrected chi connectivity index (χ2v) is 7.81. The molecule has 0 aliphatic rings. The Balaban J connectivity index is 1.74. The molecule has 0 aliphatic carbocycles. The lowest BCUT2D eigenvalue weighted by Crippen LogP contribution is -2.31. The molecule has 3 aromatic rings. The molecule has 0 bridgehead atoms. The van der Waals surface area contributed by atoms with Crippen LogP contribution in [0.3, 0.4) is 0 Å². The Kier molecular flexibility index (Phi) is 5.57. The van der Waals surface area contributed by atoms with Gasteiger partial charge in [0.25, 0.3) is 5.69 Å². The first kappa shape index (κ1) is 20.4. The van der Waals surface area contributed by atoms with E-state index in [-0.39, 0.29) is 23.7 Å². The number of nitrogens with zero attached hydrogens (tertiary/aromatic N) is 4. The van der Waals surface area contributed by atoms with Gasteiger partial charge in [-0.3, -0.25) is 14.7 Å². The minimum atomic E-state index is -4.01. The molecule has 10 nitrogen and oxygen atoms in total. The molecule has 0 saturated heterocycles. The van der Waals surface area contributed by atoms with Crippen LogP contribution in [0.2, 0.25) is 0 Å². The monoisotopic (exact) mass is 421 g/mol. The van der Waals surface area contributed by atoms with Gasteiger partial charge in [0.2, 0.25) is 10.0 Å². The maximum absolute atomic E-state index is 13.1. The quantitative estimate of drug-likeness (QED) is 0.452. The Morgan fingerprint density at radius 2 is 1.90 bits per heavy atom. The molecule has 0 amide bonds. The third-order valence-corrected chi connectivity index (χ3v) is 5.56. The zero-order valence-electron chi connectivity index (χ0n) is 15.1. The highest BCUT2D eigenvalue weighted by Crippen LogP contribution is 2.17. The van der Waals surface area contributed by atoms with Crippen molar-refractivity contribution in [2.75, 3.05) is 6.54 Å². The van der Waals surface area contributed by atoms with Crippen molar-refractivity contribution in [1.82, 2.24) is 19.1 Å². The predicted octanol–water partition coefficient (Wildman–Crippen LogP) is 1.27. The summed E-state index contributed by atoms with van der Waals surface area (Å²) < 4.78 is 42.4. The fourth-order valence-electron chi connectivity index (χ4n) is 2.62. The molecule has 3 rings (SSSR count). The normalized spacial score (nSPS) is 11.5. The standard InChI is InChI=1S/C17H16FN5O5S/c1-21-16(12-5-7-13(18)8-6-12)20-22(17(21)24)10-9-19-29(27,28)15-4-2-3-14(11-15)23(25)26/h2-8,11,19H,9-10H2,1H3. The first-order valence-electron chi connectivity index (χ1n) is 8.33. The molecular formula is C17H16FN5O5S. The average Bonchev–Trinajstić information content (AvgIpc) is 2.97. The number of nitrogens with one attached hydrogen (secondary N) is 1. The molecule has 152 valence electrons. The molecule has 0 unspecified atom stereocenters. The Bertz CT molecular complexity index is 1220. The maximum Gasteiger partial charge on any atom is 0.345 e. The van der Waals surface area contributed by atoms with E-state index in [1.165, 1.54) is 54.1 Å². The van der Waals surface area contributed by atoms with Crippen LogP contribution in [0.15, 0.2) is 58.2 Å². The van der Waals surface area contributed by atoms with E-state index >= 15 is 0 Å². The van der Waals surface area contributed by atoms with Crippen molar-refractivity contribution in [3.63, 3.8) is 0 Å². The molecule has 0 aliphatic heterocycles. The van der Waals surface area contributed by atoms with Crippen molar-refractivity contribution in [1.29, 1.82) is 0 Å². The summed E-state index contributed by atoms with van der Waals surface area (Å²) in [5.41, 5.74) is -0.293. The summed E-state index contributed by atoms with van der Waals surface area (Å²) in [5, 5.41) is 15.0. The minimum Gasteiger partial charge on any atom is -0.278 e. The molecule has 1 aromatic heterocycles. The summed E-state index contributed by atoms with van der Waals surface area (Å²) in [6.45, 7) is -0.229. The first-order valence-corrected chi connectivity index (χ1v) is 9.81. The van der Waals surface area contributed by atoms with E-state index in [4.69, 9.17) is 0 Å². The zero-order valence-corrected chi connectivity index (χ0v) is 16.0. The van der Waals surface area contributed by atoms with Crippen LogP contribution in [0, 0.1) is 15.9 Å². The van der Waals surface area contributed by atoms with E-state index < -0.39 is 26.5 Å². The molecule has 29 heavy (non-hydrogen) atoms. The van der Waals surface area contributed by atoms with E-state index in [1.807, 2.05) is 0 Å². The number of nitro groups is 1. The summed E-state index contributed by atoms with van der Waals surface area (Å²) >= 11 is 0. The molecule has 1 heterocycles. The first-order chi connectivity index (χ1) is 13.7. The fourth-order valence-corrected chi connectivity index (χ4v) is 3.68. The van der Waals surface area contributed by atoms with E-state index in [1.54, 1.807) is 0 Å². The van der Waals surface area contributed by atoms with Gasteiger partial charge in [0.15, 0.2) is 5.82 Å². The zero-order chi connectivity index (χ0) is 21.2. The van der Waals surface area contributed by atoms with Gasteiger partial charge in [-0.25, -0.2) is 27.0 Å². The molecular weight excluding hydrogens is 405 g/mol. The number of sulfonamides is 1. The van der Waals surface area contributed by atoms with Crippen LogP contribution in [0.1, 0.15) is 0 Å². The predicted molar refractivity (Wildman–Crippen MR) is 101 cm³/mol. The Morgan fingerprint density at radius 1 is 1.21 bits per heavy atom. The van der Waals surface area contributed by atoms with Crippen LogP contribution in [0.25, 0.3) is 11.4 Å². The number of rotatable bonds is 7. The van der Waals surface area contributed by atoms with Gasteiger partial charge in [-0.1, -0.05) is 6.07 Å². The summed E-state index contributed by atoms with van der Waals surface area (Å²) in [5.74, 6) is -0.120. The highest BCUT2D eigenvalue weighted by molar-refractivity contribution is 7.89. The van der Waals surface area contributed by atoms with Crippen LogP contribution in [-0.4, -0.2) is 34.2 Å². The van der Waals surface area contributed by atoms with Gasteiger partial charge in [0.05, 0.1) is 16.4 Å². The summed E-state index contributed by atoms with van der Waals surface area (Å²) in [7, 11) is -2.51. The topological polar surface area (TPSA) is 129 Å². The summed E-state index contributed by atoms with van der Waals surface area (Å²) in [4.78, 5) is 22.2.